The summed E-state index contributed by atoms with van der Waals surface area (Å²) in [5.41, 5.74) is 0.984. The Balaban J connectivity index is 1.39. The number of imide groups is 1. The quantitative estimate of drug-likeness (QED) is 0.458. The molecule has 1 heterocycles. The minimum Gasteiger partial charge on any atom is -0.483 e. The van der Waals surface area contributed by atoms with Crippen LogP contribution in [-0.4, -0.2) is 24.2 Å². The summed E-state index contributed by atoms with van der Waals surface area (Å²) in [4.78, 5) is 39.7. The zero-order valence-corrected chi connectivity index (χ0v) is 15.2. The van der Waals surface area contributed by atoms with Crippen LogP contribution in [0.3, 0.4) is 0 Å². The van der Waals surface area contributed by atoms with Crippen LogP contribution < -0.4 is 9.64 Å². The molecule has 0 aromatic heterocycles. The zero-order valence-electron chi connectivity index (χ0n) is 15.2. The molecule has 5 nitrogen and oxygen atoms in total. The molecule has 2 aromatic rings. The van der Waals surface area contributed by atoms with Crippen molar-refractivity contribution in [2.24, 2.45) is 23.7 Å². The van der Waals surface area contributed by atoms with Crippen molar-refractivity contribution in [3.8, 4) is 5.75 Å². The highest BCUT2D eigenvalue weighted by Crippen LogP contribution is 2.53. The molecule has 2 amide bonds. The smallest absolute Gasteiger partial charge is 0.238 e. The van der Waals surface area contributed by atoms with Crippen LogP contribution in [0.25, 0.3) is 0 Å². The maximum Gasteiger partial charge on any atom is 0.238 e. The van der Waals surface area contributed by atoms with Gasteiger partial charge in [-0.25, -0.2) is 4.90 Å². The van der Waals surface area contributed by atoms with Gasteiger partial charge in [0.1, 0.15) is 5.75 Å². The number of para-hydroxylation sites is 2. The van der Waals surface area contributed by atoms with Gasteiger partial charge in [0.2, 0.25) is 11.8 Å². The molecular formula is C23H19NO4. The van der Waals surface area contributed by atoms with Crippen LogP contribution in [0.15, 0.2) is 66.7 Å². The summed E-state index contributed by atoms with van der Waals surface area (Å²) < 4.78 is 5.74. The standard InChI is InChI=1S/C23H19NO4/c25-18(14-6-2-1-3-7-14)13-28-19-9-5-4-8-17(19)24-22(26)20-15-10-11-16(12-15)21(20)23(24)27/h1-11,15-16,20-21H,12-13H2/t15-,16+,20+,21-. The fraction of sp³-hybridized carbons (Fsp3) is 0.261. The number of carbonyl (C=O) groups is 3. The van der Waals surface area contributed by atoms with E-state index < -0.39 is 0 Å². The number of ether oxygens (including phenoxy) is 1. The van der Waals surface area contributed by atoms with Gasteiger partial charge in [-0.05, 0) is 30.4 Å². The van der Waals surface area contributed by atoms with E-state index in [0.29, 0.717) is 17.0 Å². The Hall–Kier alpha value is -3.21. The molecule has 1 saturated carbocycles. The summed E-state index contributed by atoms with van der Waals surface area (Å²) in [6.07, 6.45) is 5.03. The van der Waals surface area contributed by atoms with Crippen LogP contribution in [-0.2, 0) is 9.59 Å². The summed E-state index contributed by atoms with van der Waals surface area (Å²) in [5, 5.41) is 0. The maximum absolute atomic E-state index is 13.0. The summed E-state index contributed by atoms with van der Waals surface area (Å²) in [7, 11) is 0. The largest absolute Gasteiger partial charge is 0.483 e. The van der Waals surface area contributed by atoms with E-state index in [2.05, 4.69) is 12.2 Å². The third-order valence-corrected chi connectivity index (χ3v) is 6.03. The number of anilines is 1. The summed E-state index contributed by atoms with van der Waals surface area (Å²) in [6.45, 7) is -0.156. The second-order valence-corrected chi connectivity index (χ2v) is 7.56. The summed E-state index contributed by atoms with van der Waals surface area (Å²) in [6, 6.07) is 15.8. The SMILES string of the molecule is O=C(COc1ccccc1N1C(=O)[C@@H]2[C@H](C1=O)[C@H]1C=C[C@@H]2C1)c1ccccc1. The predicted octanol–water partition coefficient (Wildman–Crippen LogP) is 3.26. The lowest BCUT2D eigenvalue weighted by atomic mass is 9.85. The number of hydrogen-bond acceptors (Lipinski definition) is 4. The van der Waals surface area contributed by atoms with Crippen molar-refractivity contribution in [2.45, 2.75) is 6.42 Å². The van der Waals surface area contributed by atoms with Gasteiger partial charge in [0.15, 0.2) is 12.4 Å². The average Bonchev–Trinajstić information content (AvgIpc) is 3.41. The monoisotopic (exact) mass is 373 g/mol. The molecule has 1 aliphatic heterocycles. The van der Waals surface area contributed by atoms with Crippen LogP contribution in [0.2, 0.25) is 0 Å². The number of rotatable bonds is 5. The van der Waals surface area contributed by atoms with Crippen LogP contribution in [0.5, 0.6) is 5.75 Å². The van der Waals surface area contributed by atoms with Gasteiger partial charge in [0.25, 0.3) is 0 Å². The van der Waals surface area contributed by atoms with Crippen molar-refractivity contribution in [3.63, 3.8) is 0 Å². The van der Waals surface area contributed by atoms with E-state index in [1.165, 1.54) is 4.90 Å². The molecule has 140 valence electrons. The minimum absolute atomic E-state index is 0.155. The number of amides is 2. The Morgan fingerprint density at radius 3 is 2.18 bits per heavy atom. The lowest BCUT2D eigenvalue weighted by molar-refractivity contribution is -0.123. The highest BCUT2D eigenvalue weighted by Gasteiger charge is 2.59. The molecule has 5 heteroatoms. The van der Waals surface area contributed by atoms with Crippen LogP contribution in [0, 0.1) is 23.7 Å². The highest BCUT2D eigenvalue weighted by atomic mass is 16.5. The van der Waals surface area contributed by atoms with Gasteiger partial charge >= 0.3 is 0 Å². The van der Waals surface area contributed by atoms with Gasteiger partial charge in [0.05, 0.1) is 17.5 Å². The van der Waals surface area contributed by atoms with Crippen molar-refractivity contribution in [3.05, 3.63) is 72.3 Å². The van der Waals surface area contributed by atoms with E-state index in [-0.39, 0.29) is 47.9 Å². The molecule has 0 spiro atoms. The van der Waals surface area contributed by atoms with Gasteiger partial charge < -0.3 is 4.74 Å². The van der Waals surface area contributed by atoms with E-state index in [1.807, 2.05) is 6.07 Å². The number of benzene rings is 2. The number of allylic oxidation sites excluding steroid dienone is 2. The fourth-order valence-electron chi connectivity index (χ4n) is 4.75. The summed E-state index contributed by atoms with van der Waals surface area (Å²) in [5.74, 6) is -0.312. The topological polar surface area (TPSA) is 63.7 Å². The van der Waals surface area contributed by atoms with Gasteiger partial charge in [0, 0.05) is 5.56 Å². The van der Waals surface area contributed by atoms with E-state index in [9.17, 15) is 14.4 Å². The molecule has 2 fully saturated rings. The Labute approximate surface area is 162 Å². The Morgan fingerprint density at radius 2 is 1.50 bits per heavy atom. The first-order chi connectivity index (χ1) is 13.6. The maximum atomic E-state index is 13.0. The molecule has 1 saturated heterocycles. The van der Waals surface area contributed by atoms with Gasteiger partial charge in [-0.15, -0.1) is 0 Å². The van der Waals surface area contributed by atoms with Crippen molar-refractivity contribution in [2.75, 3.05) is 11.5 Å². The Morgan fingerprint density at radius 1 is 0.893 bits per heavy atom. The van der Waals surface area contributed by atoms with E-state index >= 15 is 0 Å². The van der Waals surface area contributed by atoms with Crippen LogP contribution >= 0.6 is 0 Å². The molecule has 2 aromatic carbocycles. The molecule has 2 bridgehead atoms. The van der Waals surface area contributed by atoms with E-state index in [1.54, 1.807) is 48.5 Å². The third-order valence-electron chi connectivity index (χ3n) is 6.03. The lowest BCUT2D eigenvalue weighted by Crippen LogP contribution is -2.33. The Kier molecular flexibility index (Phi) is 3.90. The van der Waals surface area contributed by atoms with Crippen molar-refractivity contribution < 1.29 is 19.1 Å². The Bertz CT molecular complexity index is 967. The molecule has 28 heavy (non-hydrogen) atoms. The first kappa shape index (κ1) is 16.9. The van der Waals surface area contributed by atoms with Gasteiger partial charge in [-0.2, -0.15) is 0 Å². The lowest BCUT2D eigenvalue weighted by Gasteiger charge is -2.20. The molecule has 5 rings (SSSR count). The van der Waals surface area contributed by atoms with E-state index in [4.69, 9.17) is 4.74 Å². The van der Waals surface area contributed by atoms with Gasteiger partial charge in [-0.1, -0.05) is 54.6 Å². The molecule has 3 aliphatic rings. The molecule has 0 unspecified atom stereocenters. The van der Waals surface area contributed by atoms with Gasteiger partial charge in [-0.3, -0.25) is 14.4 Å². The molecule has 0 N–H and O–H groups in total. The predicted molar refractivity (Wildman–Crippen MR) is 103 cm³/mol. The minimum atomic E-state index is -0.262. The second kappa shape index (κ2) is 6.44. The number of nitrogens with zero attached hydrogens (tertiary/aromatic N) is 1. The van der Waals surface area contributed by atoms with Crippen molar-refractivity contribution in [1.29, 1.82) is 0 Å². The molecular weight excluding hydrogens is 354 g/mol. The number of carbonyl (C=O) groups excluding carboxylic acids is 3. The van der Waals surface area contributed by atoms with E-state index in [0.717, 1.165) is 6.42 Å². The molecule has 0 radical (unpaired) electrons. The van der Waals surface area contributed by atoms with Crippen molar-refractivity contribution >= 4 is 23.3 Å². The zero-order chi connectivity index (χ0) is 19.3. The normalized spacial score (nSPS) is 27.4. The fourth-order valence-corrected chi connectivity index (χ4v) is 4.75. The molecule has 2 aliphatic carbocycles. The van der Waals surface area contributed by atoms with Crippen LogP contribution in [0.4, 0.5) is 5.69 Å². The first-order valence-corrected chi connectivity index (χ1v) is 9.51. The number of hydrogen-bond donors (Lipinski definition) is 0. The average molecular weight is 373 g/mol. The molecule has 4 atom stereocenters. The van der Waals surface area contributed by atoms with Crippen molar-refractivity contribution in [1.82, 2.24) is 0 Å². The number of ketones is 1. The highest BCUT2D eigenvalue weighted by molar-refractivity contribution is 6.23. The number of fused-ring (bicyclic) bond motifs is 5. The third kappa shape index (κ3) is 2.50. The number of Topliss-reactive ketones (excluding diaryl/α,β-unsaturated/α-hetero) is 1. The first-order valence-electron chi connectivity index (χ1n) is 9.51. The summed E-state index contributed by atoms with van der Waals surface area (Å²) >= 11 is 0. The van der Waals surface area contributed by atoms with Crippen LogP contribution in [0.1, 0.15) is 16.8 Å². The second-order valence-electron chi connectivity index (χ2n) is 7.56.